The van der Waals surface area contributed by atoms with E-state index < -0.39 is 0 Å². The van der Waals surface area contributed by atoms with E-state index in [0.29, 0.717) is 23.0 Å². The van der Waals surface area contributed by atoms with Gasteiger partial charge in [-0.1, -0.05) is 20.8 Å². The lowest BCUT2D eigenvalue weighted by atomic mass is 9.71. The van der Waals surface area contributed by atoms with Crippen LogP contribution in [0.4, 0.5) is 5.82 Å². The highest BCUT2D eigenvalue weighted by Gasteiger charge is 2.33. The second-order valence-electron chi connectivity index (χ2n) is 6.04. The van der Waals surface area contributed by atoms with Crippen molar-refractivity contribution in [2.75, 3.05) is 5.43 Å². The standard InChI is InChI=1S/C13H22N4O/c1-9-4-10(6-13(2,3)5-9)18-12-8-15-7-11(16-12)17-14/h7-10H,4-6,14H2,1-3H3,(H,16,17). The van der Waals surface area contributed by atoms with Crippen molar-refractivity contribution < 1.29 is 4.74 Å². The molecule has 0 amide bonds. The van der Waals surface area contributed by atoms with Crippen molar-refractivity contribution in [3.05, 3.63) is 12.4 Å². The van der Waals surface area contributed by atoms with Crippen LogP contribution in [0.1, 0.15) is 40.0 Å². The number of rotatable bonds is 3. The minimum absolute atomic E-state index is 0.214. The molecule has 100 valence electrons. The lowest BCUT2D eigenvalue weighted by molar-refractivity contribution is 0.0531. The molecule has 2 unspecified atom stereocenters. The van der Waals surface area contributed by atoms with Crippen molar-refractivity contribution in [3.63, 3.8) is 0 Å². The first kappa shape index (κ1) is 13.1. The molecule has 0 bridgehead atoms. The highest BCUT2D eigenvalue weighted by Crippen LogP contribution is 2.39. The molecule has 5 heteroatoms. The third-order valence-corrected chi connectivity index (χ3v) is 3.39. The molecule has 0 radical (unpaired) electrons. The Bertz CT molecular complexity index is 408. The quantitative estimate of drug-likeness (QED) is 0.636. The third kappa shape index (κ3) is 3.32. The lowest BCUT2D eigenvalue weighted by Crippen LogP contribution is -2.34. The predicted octanol–water partition coefficient (Wildman–Crippen LogP) is 2.36. The highest BCUT2D eigenvalue weighted by atomic mass is 16.5. The number of nitrogen functional groups attached to an aromatic ring is 1. The Morgan fingerprint density at radius 3 is 2.83 bits per heavy atom. The second kappa shape index (κ2) is 5.10. The van der Waals surface area contributed by atoms with Gasteiger partial charge in [0.15, 0.2) is 5.82 Å². The summed E-state index contributed by atoms with van der Waals surface area (Å²) in [6.07, 6.45) is 6.80. The number of nitrogens with one attached hydrogen (secondary N) is 1. The Morgan fingerprint density at radius 1 is 1.39 bits per heavy atom. The average molecular weight is 250 g/mol. The topological polar surface area (TPSA) is 73.1 Å². The molecule has 18 heavy (non-hydrogen) atoms. The van der Waals surface area contributed by atoms with Gasteiger partial charge in [-0.05, 0) is 30.6 Å². The van der Waals surface area contributed by atoms with Crippen molar-refractivity contribution in [1.82, 2.24) is 9.97 Å². The molecule has 0 spiro atoms. The molecule has 1 saturated carbocycles. The van der Waals surface area contributed by atoms with Crippen molar-refractivity contribution >= 4 is 5.82 Å². The predicted molar refractivity (Wildman–Crippen MR) is 71.1 cm³/mol. The van der Waals surface area contributed by atoms with Crippen LogP contribution in [-0.2, 0) is 0 Å². The molecular formula is C13H22N4O. The SMILES string of the molecule is CC1CC(Oc2cncc(NN)n2)CC(C)(C)C1. The van der Waals surface area contributed by atoms with Crippen LogP contribution in [0.25, 0.3) is 0 Å². The summed E-state index contributed by atoms with van der Waals surface area (Å²) in [5.41, 5.74) is 2.81. The summed E-state index contributed by atoms with van der Waals surface area (Å²) in [6, 6.07) is 0. The van der Waals surface area contributed by atoms with Crippen LogP contribution in [0.5, 0.6) is 5.88 Å². The Hall–Kier alpha value is -1.36. The number of anilines is 1. The first-order valence-electron chi connectivity index (χ1n) is 6.44. The maximum Gasteiger partial charge on any atom is 0.234 e. The van der Waals surface area contributed by atoms with Crippen LogP contribution in [0.2, 0.25) is 0 Å². The maximum atomic E-state index is 5.93. The van der Waals surface area contributed by atoms with E-state index in [4.69, 9.17) is 10.6 Å². The molecule has 3 N–H and O–H groups in total. The monoisotopic (exact) mass is 250 g/mol. The van der Waals surface area contributed by atoms with Gasteiger partial charge in [0.05, 0.1) is 12.4 Å². The molecule has 1 aromatic rings. The number of ether oxygens (including phenoxy) is 1. The summed E-state index contributed by atoms with van der Waals surface area (Å²) in [6.45, 7) is 6.87. The molecule has 1 heterocycles. The second-order valence-corrected chi connectivity index (χ2v) is 6.04. The number of nitrogens with zero attached hydrogens (tertiary/aromatic N) is 2. The zero-order valence-electron chi connectivity index (χ0n) is 11.3. The van der Waals surface area contributed by atoms with Gasteiger partial charge in [-0.15, -0.1) is 0 Å². The van der Waals surface area contributed by atoms with Gasteiger partial charge in [0.1, 0.15) is 6.10 Å². The normalized spacial score (nSPS) is 26.7. The van der Waals surface area contributed by atoms with Gasteiger partial charge >= 0.3 is 0 Å². The van der Waals surface area contributed by atoms with Crippen LogP contribution in [-0.4, -0.2) is 16.1 Å². The van der Waals surface area contributed by atoms with Gasteiger partial charge in [-0.3, -0.25) is 4.98 Å². The molecule has 1 aromatic heterocycles. The summed E-state index contributed by atoms with van der Waals surface area (Å²) in [4.78, 5) is 8.28. The Morgan fingerprint density at radius 2 is 2.17 bits per heavy atom. The minimum Gasteiger partial charge on any atom is -0.473 e. The van der Waals surface area contributed by atoms with Crippen LogP contribution in [0.15, 0.2) is 12.4 Å². The van der Waals surface area contributed by atoms with Gasteiger partial charge in [0.2, 0.25) is 5.88 Å². The molecule has 1 fully saturated rings. The molecule has 0 aliphatic heterocycles. The fraction of sp³-hybridized carbons (Fsp3) is 0.692. The highest BCUT2D eigenvalue weighted by molar-refractivity contribution is 5.31. The van der Waals surface area contributed by atoms with E-state index in [1.165, 1.54) is 6.42 Å². The van der Waals surface area contributed by atoms with Crippen molar-refractivity contribution in [2.24, 2.45) is 17.2 Å². The van der Waals surface area contributed by atoms with E-state index in [1.807, 2.05) is 0 Å². The summed E-state index contributed by atoms with van der Waals surface area (Å²) in [5.74, 6) is 7.06. The Balaban J connectivity index is 2.04. The number of hydrogen-bond acceptors (Lipinski definition) is 5. The van der Waals surface area contributed by atoms with Crippen molar-refractivity contribution in [1.29, 1.82) is 0 Å². The number of hydrazine groups is 1. The third-order valence-electron chi connectivity index (χ3n) is 3.39. The Labute approximate surface area is 108 Å². The number of aromatic nitrogens is 2. The Kier molecular flexibility index (Phi) is 3.71. The zero-order chi connectivity index (χ0) is 13.2. The van der Waals surface area contributed by atoms with Gasteiger partial charge < -0.3 is 10.2 Å². The van der Waals surface area contributed by atoms with Gasteiger partial charge in [-0.2, -0.15) is 4.98 Å². The summed E-state index contributed by atoms with van der Waals surface area (Å²) < 4.78 is 5.93. The van der Waals surface area contributed by atoms with Crippen molar-refractivity contribution in [3.8, 4) is 5.88 Å². The first-order valence-corrected chi connectivity index (χ1v) is 6.44. The average Bonchev–Trinajstić information content (AvgIpc) is 2.26. The number of hydrogen-bond donors (Lipinski definition) is 2. The molecule has 0 saturated heterocycles. The molecule has 1 aliphatic carbocycles. The molecule has 2 rings (SSSR count). The van der Waals surface area contributed by atoms with Crippen LogP contribution < -0.4 is 16.0 Å². The molecule has 1 aliphatic rings. The summed E-state index contributed by atoms with van der Waals surface area (Å²) in [7, 11) is 0. The summed E-state index contributed by atoms with van der Waals surface area (Å²) in [5, 5.41) is 0. The van der Waals surface area contributed by atoms with E-state index in [0.717, 1.165) is 12.8 Å². The van der Waals surface area contributed by atoms with Gasteiger partial charge in [-0.25, -0.2) is 5.84 Å². The molecular weight excluding hydrogens is 228 g/mol. The minimum atomic E-state index is 0.214. The van der Waals surface area contributed by atoms with Crippen molar-refractivity contribution in [2.45, 2.75) is 46.1 Å². The van der Waals surface area contributed by atoms with E-state index in [1.54, 1.807) is 12.4 Å². The van der Waals surface area contributed by atoms with E-state index in [9.17, 15) is 0 Å². The fourth-order valence-corrected chi connectivity index (χ4v) is 2.99. The summed E-state index contributed by atoms with van der Waals surface area (Å²) >= 11 is 0. The largest absolute Gasteiger partial charge is 0.473 e. The smallest absolute Gasteiger partial charge is 0.234 e. The zero-order valence-corrected chi connectivity index (χ0v) is 11.3. The van der Waals surface area contributed by atoms with Crippen LogP contribution >= 0.6 is 0 Å². The maximum absolute atomic E-state index is 5.93. The van der Waals surface area contributed by atoms with Crippen LogP contribution in [0.3, 0.4) is 0 Å². The van der Waals surface area contributed by atoms with E-state index in [2.05, 4.69) is 36.2 Å². The van der Waals surface area contributed by atoms with Gasteiger partial charge in [0.25, 0.3) is 0 Å². The van der Waals surface area contributed by atoms with Crippen LogP contribution in [0, 0.1) is 11.3 Å². The molecule has 2 atom stereocenters. The van der Waals surface area contributed by atoms with Gasteiger partial charge in [0, 0.05) is 0 Å². The lowest BCUT2D eigenvalue weighted by Gasteiger charge is -2.38. The van der Waals surface area contributed by atoms with E-state index >= 15 is 0 Å². The number of nitrogens with two attached hydrogens (primary N) is 1. The fourth-order valence-electron chi connectivity index (χ4n) is 2.99. The molecule has 5 nitrogen and oxygen atoms in total. The van der Waals surface area contributed by atoms with E-state index in [-0.39, 0.29) is 6.10 Å². The molecule has 0 aromatic carbocycles. The first-order chi connectivity index (χ1) is 8.48.